The van der Waals surface area contributed by atoms with Gasteiger partial charge in [0.15, 0.2) is 0 Å². The first-order valence-electron chi connectivity index (χ1n) is 9.17. The standard InChI is InChI=1S/C20H26N2O/c23-20(14-19(15-4-5-15)16-6-7-16)21-17-8-10-18(11-9-17)22-12-2-1-3-13-22/h8-11,14-16H,1-7,12-13H2,(H,21,23). The number of hydrogen-bond acceptors (Lipinski definition) is 2. The summed E-state index contributed by atoms with van der Waals surface area (Å²) in [6.07, 6.45) is 10.9. The van der Waals surface area contributed by atoms with Crippen LogP contribution in [0.15, 0.2) is 35.9 Å². The molecule has 1 aliphatic heterocycles. The van der Waals surface area contributed by atoms with Crippen molar-refractivity contribution in [1.82, 2.24) is 0 Å². The lowest BCUT2D eigenvalue weighted by molar-refractivity contribution is -0.112. The van der Waals surface area contributed by atoms with Crippen LogP contribution < -0.4 is 10.2 Å². The third-order valence-corrected chi connectivity index (χ3v) is 5.25. The molecule has 3 aliphatic rings. The summed E-state index contributed by atoms with van der Waals surface area (Å²) in [7, 11) is 0. The summed E-state index contributed by atoms with van der Waals surface area (Å²) in [5.74, 6) is 1.45. The van der Waals surface area contributed by atoms with Crippen molar-refractivity contribution in [1.29, 1.82) is 0 Å². The molecule has 1 saturated heterocycles. The summed E-state index contributed by atoms with van der Waals surface area (Å²) in [6, 6.07) is 8.33. The van der Waals surface area contributed by atoms with Crippen molar-refractivity contribution in [2.24, 2.45) is 11.8 Å². The SMILES string of the molecule is O=C(C=C(C1CC1)C1CC1)Nc1ccc(N2CCCCC2)cc1. The zero-order valence-electron chi connectivity index (χ0n) is 13.8. The number of carbonyl (C=O) groups excluding carboxylic acids is 1. The molecule has 1 amide bonds. The summed E-state index contributed by atoms with van der Waals surface area (Å²) < 4.78 is 0. The molecule has 0 aromatic heterocycles. The van der Waals surface area contributed by atoms with E-state index in [2.05, 4.69) is 22.3 Å². The molecule has 0 atom stereocenters. The molecule has 0 bridgehead atoms. The van der Waals surface area contributed by atoms with Crippen LogP contribution in [0.5, 0.6) is 0 Å². The minimum absolute atomic E-state index is 0.0459. The van der Waals surface area contributed by atoms with E-state index in [0.29, 0.717) is 11.8 Å². The molecule has 0 radical (unpaired) electrons. The number of anilines is 2. The van der Waals surface area contributed by atoms with Crippen molar-refractivity contribution >= 4 is 17.3 Å². The summed E-state index contributed by atoms with van der Waals surface area (Å²) in [4.78, 5) is 14.7. The Kier molecular flexibility index (Phi) is 4.11. The molecular weight excluding hydrogens is 284 g/mol. The third-order valence-electron chi connectivity index (χ3n) is 5.25. The Morgan fingerprint density at radius 3 is 2.13 bits per heavy atom. The number of benzene rings is 1. The van der Waals surface area contributed by atoms with Gasteiger partial charge in [-0.2, -0.15) is 0 Å². The van der Waals surface area contributed by atoms with Crippen molar-refractivity contribution < 1.29 is 4.79 Å². The molecule has 122 valence electrons. The van der Waals surface area contributed by atoms with Crippen LogP contribution >= 0.6 is 0 Å². The van der Waals surface area contributed by atoms with Crippen LogP contribution in [0.3, 0.4) is 0 Å². The van der Waals surface area contributed by atoms with Gasteiger partial charge in [-0.3, -0.25) is 4.79 Å². The minimum atomic E-state index is 0.0459. The normalized spacial score (nSPS) is 21.0. The molecule has 1 aromatic carbocycles. The van der Waals surface area contributed by atoms with Gasteiger partial charge in [-0.15, -0.1) is 0 Å². The van der Waals surface area contributed by atoms with E-state index in [1.54, 1.807) is 0 Å². The third kappa shape index (κ3) is 3.77. The van der Waals surface area contributed by atoms with Gasteiger partial charge in [0.1, 0.15) is 0 Å². The average molecular weight is 310 g/mol. The quantitative estimate of drug-likeness (QED) is 0.819. The molecule has 0 spiro atoms. The van der Waals surface area contributed by atoms with Crippen LogP contribution in [0, 0.1) is 11.8 Å². The van der Waals surface area contributed by atoms with E-state index in [1.165, 1.54) is 56.2 Å². The summed E-state index contributed by atoms with van der Waals surface area (Å²) in [5, 5.41) is 3.03. The topological polar surface area (TPSA) is 32.3 Å². The lowest BCUT2D eigenvalue weighted by Crippen LogP contribution is -2.29. The molecule has 4 rings (SSSR count). The Labute approximate surface area is 138 Å². The molecule has 3 heteroatoms. The highest BCUT2D eigenvalue weighted by atomic mass is 16.1. The maximum Gasteiger partial charge on any atom is 0.248 e. The van der Waals surface area contributed by atoms with Crippen LogP contribution in [-0.4, -0.2) is 19.0 Å². The zero-order chi connectivity index (χ0) is 15.6. The molecule has 2 saturated carbocycles. The fourth-order valence-corrected chi connectivity index (χ4v) is 3.64. The fraction of sp³-hybridized carbons (Fsp3) is 0.550. The number of nitrogens with zero attached hydrogens (tertiary/aromatic N) is 1. The number of piperidine rings is 1. The first-order chi connectivity index (χ1) is 11.3. The molecule has 1 N–H and O–H groups in total. The predicted octanol–water partition coefficient (Wildman–Crippen LogP) is 4.36. The highest BCUT2D eigenvalue weighted by Gasteiger charge is 2.36. The Bertz CT molecular complexity index is 577. The smallest absolute Gasteiger partial charge is 0.248 e. The van der Waals surface area contributed by atoms with Crippen LogP contribution in [-0.2, 0) is 4.79 Å². The lowest BCUT2D eigenvalue weighted by atomic mass is 10.1. The van der Waals surface area contributed by atoms with Crippen LogP contribution in [0.2, 0.25) is 0 Å². The predicted molar refractivity (Wildman–Crippen MR) is 94.7 cm³/mol. The summed E-state index contributed by atoms with van der Waals surface area (Å²) in [6.45, 7) is 2.31. The molecule has 1 heterocycles. The Morgan fingerprint density at radius 1 is 0.957 bits per heavy atom. The fourth-order valence-electron chi connectivity index (χ4n) is 3.64. The van der Waals surface area contributed by atoms with Gasteiger partial charge in [0.25, 0.3) is 0 Å². The van der Waals surface area contributed by atoms with Crippen molar-refractivity contribution in [3.63, 3.8) is 0 Å². The number of allylic oxidation sites excluding steroid dienone is 1. The molecule has 1 aromatic rings. The summed E-state index contributed by atoms with van der Waals surface area (Å²) in [5.41, 5.74) is 3.58. The molecule has 0 unspecified atom stereocenters. The molecular formula is C20H26N2O. The van der Waals surface area contributed by atoms with Crippen LogP contribution in [0.1, 0.15) is 44.9 Å². The maximum absolute atomic E-state index is 12.3. The lowest BCUT2D eigenvalue weighted by Gasteiger charge is -2.28. The highest BCUT2D eigenvalue weighted by molar-refractivity contribution is 6.00. The largest absolute Gasteiger partial charge is 0.372 e. The monoisotopic (exact) mass is 310 g/mol. The maximum atomic E-state index is 12.3. The molecule has 3 fully saturated rings. The highest BCUT2D eigenvalue weighted by Crippen LogP contribution is 2.48. The van der Waals surface area contributed by atoms with E-state index in [-0.39, 0.29) is 5.91 Å². The van der Waals surface area contributed by atoms with Gasteiger partial charge < -0.3 is 10.2 Å². The molecule has 23 heavy (non-hydrogen) atoms. The molecule has 3 nitrogen and oxygen atoms in total. The van der Waals surface area contributed by atoms with Gasteiger partial charge in [0.05, 0.1) is 0 Å². The van der Waals surface area contributed by atoms with Crippen LogP contribution in [0.25, 0.3) is 0 Å². The van der Waals surface area contributed by atoms with E-state index in [9.17, 15) is 4.79 Å². The molecule has 2 aliphatic carbocycles. The van der Waals surface area contributed by atoms with E-state index in [1.807, 2.05) is 18.2 Å². The Hall–Kier alpha value is -1.77. The zero-order valence-corrected chi connectivity index (χ0v) is 13.8. The van der Waals surface area contributed by atoms with Gasteiger partial charge >= 0.3 is 0 Å². The Morgan fingerprint density at radius 2 is 1.57 bits per heavy atom. The Balaban J connectivity index is 1.38. The van der Waals surface area contributed by atoms with Gasteiger partial charge in [0.2, 0.25) is 5.91 Å². The minimum Gasteiger partial charge on any atom is -0.372 e. The average Bonchev–Trinajstić information content (AvgIpc) is 3.48. The number of amides is 1. The van der Waals surface area contributed by atoms with Crippen LogP contribution in [0.4, 0.5) is 11.4 Å². The second-order valence-corrected chi connectivity index (χ2v) is 7.28. The van der Waals surface area contributed by atoms with Gasteiger partial charge in [-0.1, -0.05) is 5.57 Å². The van der Waals surface area contributed by atoms with Crippen molar-refractivity contribution in [3.8, 4) is 0 Å². The second kappa shape index (κ2) is 6.38. The van der Waals surface area contributed by atoms with E-state index in [0.717, 1.165) is 18.8 Å². The van der Waals surface area contributed by atoms with Crippen molar-refractivity contribution in [2.75, 3.05) is 23.3 Å². The summed E-state index contributed by atoms with van der Waals surface area (Å²) >= 11 is 0. The number of nitrogens with one attached hydrogen (secondary N) is 1. The second-order valence-electron chi connectivity index (χ2n) is 7.28. The first-order valence-corrected chi connectivity index (χ1v) is 9.17. The van der Waals surface area contributed by atoms with E-state index >= 15 is 0 Å². The van der Waals surface area contributed by atoms with Crippen molar-refractivity contribution in [3.05, 3.63) is 35.9 Å². The van der Waals surface area contributed by atoms with E-state index in [4.69, 9.17) is 0 Å². The number of carbonyl (C=O) groups is 1. The van der Waals surface area contributed by atoms with E-state index < -0.39 is 0 Å². The van der Waals surface area contributed by atoms with Gasteiger partial charge in [0, 0.05) is 30.5 Å². The number of rotatable bonds is 5. The van der Waals surface area contributed by atoms with Gasteiger partial charge in [-0.25, -0.2) is 0 Å². The van der Waals surface area contributed by atoms with Crippen molar-refractivity contribution in [2.45, 2.75) is 44.9 Å². The van der Waals surface area contributed by atoms with Gasteiger partial charge in [-0.05, 0) is 81.0 Å². The number of hydrogen-bond donors (Lipinski definition) is 1. The first kappa shape index (κ1) is 14.8.